The van der Waals surface area contributed by atoms with Gasteiger partial charge in [0.1, 0.15) is 11.6 Å². The number of halogens is 2. The first-order valence-electron chi connectivity index (χ1n) is 6.39. The SMILES string of the molecule is COc1ccc(S(=O)(=O)N(C)Cc2ccc(Br)cc2F)cc1. The Labute approximate surface area is 137 Å². The number of methoxy groups -OCH3 is 1. The maximum absolute atomic E-state index is 13.8. The minimum atomic E-state index is -3.69. The molecule has 7 heteroatoms. The number of hydrogen-bond acceptors (Lipinski definition) is 3. The molecule has 0 spiro atoms. The number of nitrogens with zero attached hydrogens (tertiary/aromatic N) is 1. The topological polar surface area (TPSA) is 46.6 Å². The predicted molar refractivity (Wildman–Crippen MR) is 85.7 cm³/mol. The molecule has 0 bridgehead atoms. The third-order valence-corrected chi connectivity index (χ3v) is 5.49. The van der Waals surface area contributed by atoms with Crippen LogP contribution in [0.15, 0.2) is 51.8 Å². The van der Waals surface area contributed by atoms with Crippen LogP contribution in [0.3, 0.4) is 0 Å². The monoisotopic (exact) mass is 387 g/mol. The van der Waals surface area contributed by atoms with Gasteiger partial charge in [-0.3, -0.25) is 0 Å². The molecule has 2 rings (SSSR count). The Morgan fingerprint density at radius 3 is 2.36 bits per heavy atom. The molecule has 118 valence electrons. The Morgan fingerprint density at radius 1 is 1.18 bits per heavy atom. The normalized spacial score (nSPS) is 11.7. The fraction of sp³-hybridized carbons (Fsp3) is 0.200. The Hall–Kier alpha value is -1.44. The summed E-state index contributed by atoms with van der Waals surface area (Å²) in [6.45, 7) is -0.0481. The smallest absolute Gasteiger partial charge is 0.243 e. The second kappa shape index (κ2) is 6.76. The van der Waals surface area contributed by atoms with Crippen LogP contribution >= 0.6 is 15.9 Å². The molecule has 0 aliphatic heterocycles. The van der Waals surface area contributed by atoms with Gasteiger partial charge in [0.15, 0.2) is 0 Å². The van der Waals surface area contributed by atoms with E-state index in [1.165, 1.54) is 32.4 Å². The van der Waals surface area contributed by atoms with E-state index in [1.807, 2.05) is 0 Å². The number of hydrogen-bond donors (Lipinski definition) is 0. The third-order valence-electron chi connectivity index (χ3n) is 3.18. The summed E-state index contributed by atoms with van der Waals surface area (Å²) in [6, 6.07) is 10.6. The van der Waals surface area contributed by atoms with Gasteiger partial charge in [0.25, 0.3) is 0 Å². The molecule has 0 saturated heterocycles. The Kier molecular flexibility index (Phi) is 5.20. The molecule has 0 unspecified atom stereocenters. The number of ether oxygens (including phenoxy) is 1. The van der Waals surface area contributed by atoms with Gasteiger partial charge in [-0.15, -0.1) is 0 Å². The largest absolute Gasteiger partial charge is 0.497 e. The first kappa shape index (κ1) is 16.9. The lowest BCUT2D eigenvalue weighted by atomic mass is 10.2. The summed E-state index contributed by atoms with van der Waals surface area (Å²) in [5, 5.41) is 0. The van der Waals surface area contributed by atoms with E-state index in [4.69, 9.17) is 4.74 Å². The Bertz CT molecular complexity index is 763. The summed E-state index contributed by atoms with van der Waals surface area (Å²) in [5.74, 6) is 0.117. The van der Waals surface area contributed by atoms with Crippen LogP contribution in [0.25, 0.3) is 0 Å². The Balaban J connectivity index is 2.24. The first-order chi connectivity index (χ1) is 10.3. The fourth-order valence-electron chi connectivity index (χ4n) is 1.90. The average Bonchev–Trinajstić information content (AvgIpc) is 2.50. The first-order valence-corrected chi connectivity index (χ1v) is 8.62. The second-order valence-electron chi connectivity index (χ2n) is 4.67. The lowest BCUT2D eigenvalue weighted by molar-refractivity contribution is 0.414. The van der Waals surface area contributed by atoms with E-state index in [2.05, 4.69) is 15.9 Å². The van der Waals surface area contributed by atoms with Crippen molar-refractivity contribution in [3.63, 3.8) is 0 Å². The van der Waals surface area contributed by atoms with Crippen molar-refractivity contribution >= 4 is 26.0 Å². The van der Waals surface area contributed by atoms with E-state index < -0.39 is 15.8 Å². The van der Waals surface area contributed by atoms with Crippen molar-refractivity contribution in [3.05, 3.63) is 58.3 Å². The van der Waals surface area contributed by atoms with E-state index in [0.717, 1.165) is 4.31 Å². The quantitative estimate of drug-likeness (QED) is 0.789. The molecule has 0 saturated carbocycles. The lowest BCUT2D eigenvalue weighted by Gasteiger charge is -2.18. The van der Waals surface area contributed by atoms with Crippen molar-refractivity contribution in [2.75, 3.05) is 14.2 Å². The molecular formula is C15H15BrFNO3S. The standard InChI is InChI=1S/C15H15BrFNO3S/c1-18(10-11-3-4-12(16)9-15(11)17)22(19,20)14-7-5-13(21-2)6-8-14/h3-9H,10H2,1-2H3. The summed E-state index contributed by atoms with van der Waals surface area (Å²) in [5.41, 5.74) is 0.308. The molecule has 2 aromatic carbocycles. The highest BCUT2D eigenvalue weighted by Gasteiger charge is 2.22. The molecule has 0 aromatic heterocycles. The highest BCUT2D eigenvalue weighted by Crippen LogP contribution is 2.22. The van der Waals surface area contributed by atoms with Crippen LogP contribution in [0, 0.1) is 5.82 Å². The predicted octanol–water partition coefficient (Wildman–Crippen LogP) is 3.42. The van der Waals surface area contributed by atoms with Crippen LogP contribution in [0.2, 0.25) is 0 Å². The van der Waals surface area contributed by atoms with E-state index in [1.54, 1.807) is 24.3 Å². The molecule has 0 amide bonds. The van der Waals surface area contributed by atoms with Crippen molar-refractivity contribution in [2.24, 2.45) is 0 Å². The molecule has 0 aliphatic rings. The van der Waals surface area contributed by atoms with Crippen LogP contribution in [0.1, 0.15) is 5.56 Å². The number of rotatable bonds is 5. The molecule has 0 aliphatic carbocycles. The molecular weight excluding hydrogens is 373 g/mol. The zero-order chi connectivity index (χ0) is 16.3. The van der Waals surface area contributed by atoms with Gasteiger partial charge in [-0.2, -0.15) is 4.31 Å². The molecule has 0 fully saturated rings. The maximum Gasteiger partial charge on any atom is 0.243 e. The van der Waals surface area contributed by atoms with Gasteiger partial charge in [-0.05, 0) is 36.4 Å². The van der Waals surface area contributed by atoms with E-state index in [-0.39, 0.29) is 11.4 Å². The van der Waals surface area contributed by atoms with Crippen molar-refractivity contribution in [3.8, 4) is 5.75 Å². The molecule has 22 heavy (non-hydrogen) atoms. The maximum atomic E-state index is 13.8. The number of benzene rings is 2. The summed E-state index contributed by atoms with van der Waals surface area (Å²) in [4.78, 5) is 0.133. The minimum absolute atomic E-state index is 0.0481. The van der Waals surface area contributed by atoms with Crippen LogP contribution < -0.4 is 4.74 Å². The summed E-state index contributed by atoms with van der Waals surface area (Å²) >= 11 is 3.17. The van der Waals surface area contributed by atoms with Gasteiger partial charge >= 0.3 is 0 Å². The van der Waals surface area contributed by atoms with Crippen molar-refractivity contribution < 1.29 is 17.5 Å². The summed E-state index contributed by atoms with van der Waals surface area (Å²) < 4.78 is 45.5. The van der Waals surface area contributed by atoms with E-state index in [9.17, 15) is 12.8 Å². The van der Waals surface area contributed by atoms with Gasteiger partial charge < -0.3 is 4.74 Å². The third kappa shape index (κ3) is 3.66. The zero-order valence-corrected chi connectivity index (χ0v) is 14.5. The molecule has 0 atom stereocenters. The second-order valence-corrected chi connectivity index (χ2v) is 7.63. The van der Waals surface area contributed by atoms with Crippen molar-refractivity contribution in [1.82, 2.24) is 4.31 Å². The van der Waals surface area contributed by atoms with Gasteiger partial charge in [-0.25, -0.2) is 12.8 Å². The van der Waals surface area contributed by atoms with E-state index in [0.29, 0.717) is 15.8 Å². The van der Waals surface area contributed by atoms with Gasteiger partial charge in [-0.1, -0.05) is 22.0 Å². The van der Waals surface area contributed by atoms with E-state index >= 15 is 0 Å². The fourth-order valence-corrected chi connectivity index (χ4v) is 3.38. The summed E-state index contributed by atoms with van der Waals surface area (Å²) in [7, 11) is -0.766. The molecule has 0 radical (unpaired) electrons. The van der Waals surface area contributed by atoms with Crippen LogP contribution in [0.4, 0.5) is 4.39 Å². The zero-order valence-electron chi connectivity index (χ0n) is 12.1. The van der Waals surface area contributed by atoms with Crippen molar-refractivity contribution in [1.29, 1.82) is 0 Å². The van der Waals surface area contributed by atoms with Gasteiger partial charge in [0.2, 0.25) is 10.0 Å². The Morgan fingerprint density at radius 2 is 1.82 bits per heavy atom. The highest BCUT2D eigenvalue weighted by atomic mass is 79.9. The molecule has 2 aromatic rings. The molecule has 4 nitrogen and oxygen atoms in total. The van der Waals surface area contributed by atoms with Crippen molar-refractivity contribution in [2.45, 2.75) is 11.4 Å². The average molecular weight is 388 g/mol. The summed E-state index contributed by atoms with van der Waals surface area (Å²) in [6.07, 6.45) is 0. The molecule has 0 N–H and O–H groups in total. The van der Waals surface area contributed by atoms with Gasteiger partial charge in [0.05, 0.1) is 12.0 Å². The lowest BCUT2D eigenvalue weighted by Crippen LogP contribution is -2.26. The molecule has 0 heterocycles. The van der Waals surface area contributed by atoms with Crippen LogP contribution in [-0.4, -0.2) is 26.9 Å². The highest BCUT2D eigenvalue weighted by molar-refractivity contribution is 9.10. The van der Waals surface area contributed by atoms with Crippen LogP contribution in [0.5, 0.6) is 5.75 Å². The van der Waals surface area contributed by atoms with Gasteiger partial charge in [0, 0.05) is 23.6 Å². The van der Waals surface area contributed by atoms with Crippen LogP contribution in [-0.2, 0) is 16.6 Å². The minimum Gasteiger partial charge on any atom is -0.497 e. The number of sulfonamides is 1.